The molecule has 0 atom stereocenters. The van der Waals surface area contributed by atoms with Gasteiger partial charge < -0.3 is 0 Å². The van der Waals surface area contributed by atoms with Crippen molar-refractivity contribution in [2.24, 2.45) is 0 Å². The van der Waals surface area contributed by atoms with Gasteiger partial charge >= 0.3 is 0 Å². The monoisotopic (exact) mass is 749 g/mol. The summed E-state index contributed by atoms with van der Waals surface area (Å²) in [7, 11) is -2.74. The highest BCUT2D eigenvalue weighted by atomic mass is 32.1. The first kappa shape index (κ1) is 33.8. The van der Waals surface area contributed by atoms with Crippen LogP contribution in [0.25, 0.3) is 65.5 Å². The van der Waals surface area contributed by atoms with E-state index in [1.807, 2.05) is 47.7 Å². The second-order valence-electron chi connectivity index (χ2n) is 14.0. The van der Waals surface area contributed by atoms with Crippen LogP contribution >= 0.6 is 11.3 Å². The summed E-state index contributed by atoms with van der Waals surface area (Å²) in [5.41, 5.74) is 5.18. The van der Waals surface area contributed by atoms with E-state index in [2.05, 4.69) is 176 Å². The molecule has 0 unspecified atom stereocenters. The first-order valence-electron chi connectivity index (χ1n) is 18.9. The van der Waals surface area contributed by atoms with Gasteiger partial charge in [-0.25, -0.2) is 15.0 Å². The van der Waals surface area contributed by atoms with E-state index in [0.717, 1.165) is 33.2 Å². The molecular weight excluding hydrogens is 715 g/mol. The number of fused-ring (bicyclic) bond motifs is 3. The Hall–Kier alpha value is -6.79. The van der Waals surface area contributed by atoms with Gasteiger partial charge in [0.25, 0.3) is 0 Å². The van der Waals surface area contributed by atoms with E-state index in [9.17, 15) is 0 Å². The first-order chi connectivity index (χ1) is 27.8. The number of hydrogen-bond acceptors (Lipinski definition) is 4. The van der Waals surface area contributed by atoms with Crippen LogP contribution in [0.5, 0.6) is 0 Å². The SMILES string of the molecule is c1ccc(-c2nc(-c3ccccc3)nc(-c3cc(-c4cccc([Si](c5ccccc5)(c5ccccc5)c5ccccc5)c4)cc4sc5ccccc5c34)n2)cc1. The van der Waals surface area contributed by atoms with Gasteiger partial charge in [0.05, 0.1) is 0 Å². The lowest BCUT2D eigenvalue weighted by Crippen LogP contribution is -2.74. The van der Waals surface area contributed by atoms with Crippen molar-refractivity contribution in [3.8, 4) is 45.3 Å². The zero-order valence-electron chi connectivity index (χ0n) is 30.5. The number of nitrogens with zero attached hydrogens (tertiary/aromatic N) is 3. The zero-order valence-corrected chi connectivity index (χ0v) is 32.3. The highest BCUT2D eigenvalue weighted by molar-refractivity contribution is 7.26. The van der Waals surface area contributed by atoms with Gasteiger partial charge in [-0.3, -0.25) is 0 Å². The second-order valence-corrected chi connectivity index (χ2v) is 18.9. The number of thiophene rings is 1. The fourth-order valence-corrected chi connectivity index (χ4v) is 14.1. The predicted octanol–water partition coefficient (Wildman–Crippen LogP) is 10.3. The lowest BCUT2D eigenvalue weighted by molar-refractivity contribution is 1.08. The molecule has 0 saturated carbocycles. The van der Waals surface area contributed by atoms with Crippen LogP contribution in [0.2, 0.25) is 0 Å². The summed E-state index contributed by atoms with van der Waals surface area (Å²) >= 11 is 1.82. The molecule has 10 aromatic rings. The Morgan fingerprint density at radius 2 is 0.768 bits per heavy atom. The van der Waals surface area contributed by atoms with E-state index in [1.165, 1.54) is 35.5 Å². The smallest absolute Gasteiger partial charge is 0.179 e. The van der Waals surface area contributed by atoms with Gasteiger partial charge in [-0.05, 0) is 50.1 Å². The molecule has 2 heterocycles. The summed E-state index contributed by atoms with van der Waals surface area (Å²) in [6.07, 6.45) is 0. The van der Waals surface area contributed by atoms with Crippen molar-refractivity contribution in [3.05, 3.63) is 212 Å². The van der Waals surface area contributed by atoms with E-state index >= 15 is 0 Å². The van der Waals surface area contributed by atoms with E-state index in [-0.39, 0.29) is 0 Å². The van der Waals surface area contributed by atoms with E-state index < -0.39 is 8.07 Å². The molecule has 56 heavy (non-hydrogen) atoms. The van der Waals surface area contributed by atoms with E-state index in [1.54, 1.807) is 0 Å². The average Bonchev–Trinajstić information content (AvgIpc) is 3.67. The number of rotatable bonds is 8. The van der Waals surface area contributed by atoms with Gasteiger partial charge in [0, 0.05) is 36.9 Å². The van der Waals surface area contributed by atoms with Crippen LogP contribution in [-0.2, 0) is 0 Å². The number of aromatic nitrogens is 3. The third-order valence-electron chi connectivity index (χ3n) is 10.7. The summed E-state index contributed by atoms with van der Waals surface area (Å²) in [5, 5.41) is 7.74. The molecule has 0 amide bonds. The summed E-state index contributed by atoms with van der Waals surface area (Å²) < 4.78 is 2.43. The van der Waals surface area contributed by atoms with Crippen LogP contribution in [0.1, 0.15) is 0 Å². The molecule has 0 saturated heterocycles. The van der Waals surface area contributed by atoms with Gasteiger partial charge in [-0.2, -0.15) is 0 Å². The Balaban J connectivity index is 1.24. The molecule has 3 nitrogen and oxygen atoms in total. The molecule has 0 aliphatic carbocycles. The Labute approximate surface area is 331 Å². The summed E-state index contributed by atoms with van der Waals surface area (Å²) in [6, 6.07) is 76.3. The van der Waals surface area contributed by atoms with Gasteiger partial charge in [0.15, 0.2) is 25.5 Å². The minimum Gasteiger partial charge on any atom is -0.208 e. The normalized spacial score (nSPS) is 11.6. The highest BCUT2D eigenvalue weighted by Gasteiger charge is 2.41. The summed E-state index contributed by atoms with van der Waals surface area (Å²) in [4.78, 5) is 15.5. The molecular formula is C51H35N3SSi. The molecule has 264 valence electrons. The van der Waals surface area contributed by atoms with Crippen LogP contribution in [0.3, 0.4) is 0 Å². The molecule has 0 bridgehead atoms. The second kappa shape index (κ2) is 14.5. The van der Waals surface area contributed by atoms with Crippen molar-refractivity contribution in [3.63, 3.8) is 0 Å². The van der Waals surface area contributed by atoms with Crippen molar-refractivity contribution in [2.45, 2.75) is 0 Å². The summed E-state index contributed by atoms with van der Waals surface area (Å²) in [5.74, 6) is 1.96. The molecule has 0 N–H and O–H groups in total. The minimum absolute atomic E-state index is 0.652. The Morgan fingerprint density at radius 3 is 1.32 bits per heavy atom. The van der Waals surface area contributed by atoms with Gasteiger partial charge in [-0.1, -0.05) is 194 Å². The topological polar surface area (TPSA) is 38.7 Å². The molecule has 2 aromatic heterocycles. The molecule has 8 aromatic carbocycles. The zero-order chi connectivity index (χ0) is 37.3. The molecule has 0 spiro atoms. The molecule has 0 fully saturated rings. The van der Waals surface area contributed by atoms with Gasteiger partial charge in [-0.15, -0.1) is 11.3 Å². The fourth-order valence-electron chi connectivity index (χ4n) is 8.12. The van der Waals surface area contributed by atoms with Crippen molar-refractivity contribution < 1.29 is 0 Å². The van der Waals surface area contributed by atoms with E-state index in [4.69, 9.17) is 15.0 Å². The Bertz CT molecular complexity index is 2800. The third kappa shape index (κ3) is 5.94. The lowest BCUT2D eigenvalue weighted by atomic mass is 9.98. The van der Waals surface area contributed by atoms with Crippen molar-refractivity contribution in [1.29, 1.82) is 0 Å². The van der Waals surface area contributed by atoms with Crippen molar-refractivity contribution >= 4 is 60.3 Å². The van der Waals surface area contributed by atoms with Gasteiger partial charge in [0.2, 0.25) is 0 Å². The minimum atomic E-state index is -2.74. The molecule has 0 aliphatic rings. The van der Waals surface area contributed by atoms with Crippen LogP contribution in [0.4, 0.5) is 0 Å². The maximum Gasteiger partial charge on any atom is 0.179 e. The van der Waals surface area contributed by atoms with Crippen LogP contribution in [0.15, 0.2) is 212 Å². The lowest BCUT2D eigenvalue weighted by Gasteiger charge is -2.34. The Morgan fingerprint density at radius 1 is 0.321 bits per heavy atom. The van der Waals surface area contributed by atoms with Crippen molar-refractivity contribution in [2.75, 3.05) is 0 Å². The van der Waals surface area contributed by atoms with Gasteiger partial charge in [0.1, 0.15) is 0 Å². The highest BCUT2D eigenvalue weighted by Crippen LogP contribution is 2.42. The average molecular weight is 750 g/mol. The fraction of sp³-hybridized carbons (Fsp3) is 0. The van der Waals surface area contributed by atoms with Crippen molar-refractivity contribution in [1.82, 2.24) is 15.0 Å². The quantitative estimate of drug-likeness (QED) is 0.115. The van der Waals surface area contributed by atoms with Crippen LogP contribution < -0.4 is 20.7 Å². The Kier molecular flexibility index (Phi) is 8.71. The summed E-state index contributed by atoms with van der Waals surface area (Å²) in [6.45, 7) is 0. The molecule has 0 aliphatic heterocycles. The molecule has 5 heteroatoms. The molecule has 10 rings (SSSR count). The number of benzene rings is 8. The van der Waals surface area contributed by atoms with Crippen LogP contribution in [-0.4, -0.2) is 23.0 Å². The van der Waals surface area contributed by atoms with Crippen LogP contribution in [0, 0.1) is 0 Å². The number of hydrogen-bond donors (Lipinski definition) is 0. The largest absolute Gasteiger partial charge is 0.208 e. The maximum absolute atomic E-state index is 5.24. The first-order valence-corrected chi connectivity index (χ1v) is 21.7. The molecule has 0 radical (unpaired) electrons. The third-order valence-corrected chi connectivity index (χ3v) is 16.6. The maximum atomic E-state index is 5.24. The standard InChI is InChI=1S/C51H35N3SSi/c1-6-19-36(20-7-1)49-52-50(37-21-8-2-9-22-37)54-51(53-49)45-34-39(35-47-48(45)44-31-16-17-32-46(44)55-47)38-23-18-30-43(33-38)56(40-24-10-3-11-25-40,41-26-12-4-13-27-41)42-28-14-5-15-29-42/h1-35H. The van der Waals surface area contributed by atoms with E-state index in [0.29, 0.717) is 17.5 Å². The predicted molar refractivity (Wildman–Crippen MR) is 238 cm³/mol.